The topological polar surface area (TPSA) is 58.6 Å². The summed E-state index contributed by atoms with van der Waals surface area (Å²) in [7, 11) is 0. The number of carbonyl (C=O) groups excluding carboxylic acids is 1. The average molecular weight is 293 g/mol. The van der Waals surface area contributed by atoms with E-state index in [1.54, 1.807) is 24.3 Å². The van der Waals surface area contributed by atoms with Crippen molar-refractivity contribution in [1.82, 2.24) is 5.32 Å². The summed E-state index contributed by atoms with van der Waals surface area (Å²) in [4.78, 5) is 12.1. The van der Waals surface area contributed by atoms with Crippen molar-refractivity contribution in [1.29, 1.82) is 0 Å². The predicted molar refractivity (Wildman–Crippen MR) is 84.6 cm³/mol. The van der Waals surface area contributed by atoms with Crippen molar-refractivity contribution < 1.29 is 14.6 Å². The van der Waals surface area contributed by atoms with Gasteiger partial charge in [-0.05, 0) is 43.0 Å². The van der Waals surface area contributed by atoms with Crippen molar-refractivity contribution in [2.75, 3.05) is 13.2 Å². The third-order valence-electron chi connectivity index (χ3n) is 3.19. The summed E-state index contributed by atoms with van der Waals surface area (Å²) in [6.07, 6.45) is 2.88. The Bertz CT molecular complexity index is 415. The maximum Gasteiger partial charge on any atom is 0.251 e. The van der Waals surface area contributed by atoms with Crippen LogP contribution in [0.15, 0.2) is 24.3 Å². The lowest BCUT2D eigenvalue weighted by Gasteiger charge is -2.18. The van der Waals surface area contributed by atoms with Gasteiger partial charge in [0.2, 0.25) is 0 Å². The second-order valence-electron chi connectivity index (χ2n) is 5.71. The summed E-state index contributed by atoms with van der Waals surface area (Å²) in [5.74, 6) is 1.05. The molecule has 4 nitrogen and oxygen atoms in total. The highest BCUT2D eigenvalue weighted by Gasteiger charge is 2.14. The Morgan fingerprint density at radius 1 is 1.29 bits per heavy atom. The van der Waals surface area contributed by atoms with Crippen molar-refractivity contribution in [3.05, 3.63) is 29.8 Å². The molecule has 0 heterocycles. The largest absolute Gasteiger partial charge is 0.494 e. The third-order valence-corrected chi connectivity index (χ3v) is 3.19. The molecule has 0 fully saturated rings. The molecule has 0 aliphatic carbocycles. The molecule has 0 radical (unpaired) electrons. The van der Waals surface area contributed by atoms with Gasteiger partial charge in [0.25, 0.3) is 5.91 Å². The first-order valence-corrected chi connectivity index (χ1v) is 7.71. The van der Waals surface area contributed by atoms with Crippen molar-refractivity contribution in [2.24, 2.45) is 5.92 Å². The third kappa shape index (κ3) is 6.63. The van der Waals surface area contributed by atoms with Crippen LogP contribution >= 0.6 is 0 Å². The summed E-state index contributed by atoms with van der Waals surface area (Å²) in [6, 6.07) is 6.92. The van der Waals surface area contributed by atoms with Crippen LogP contribution < -0.4 is 10.1 Å². The zero-order chi connectivity index (χ0) is 15.7. The highest BCUT2D eigenvalue weighted by Crippen LogP contribution is 2.13. The van der Waals surface area contributed by atoms with E-state index in [-0.39, 0.29) is 18.6 Å². The number of hydrogen-bond acceptors (Lipinski definition) is 3. The van der Waals surface area contributed by atoms with E-state index in [0.717, 1.165) is 25.0 Å². The van der Waals surface area contributed by atoms with Gasteiger partial charge < -0.3 is 15.2 Å². The van der Waals surface area contributed by atoms with Crippen molar-refractivity contribution in [3.8, 4) is 5.75 Å². The molecule has 0 saturated carbocycles. The Morgan fingerprint density at radius 3 is 2.48 bits per heavy atom. The molecule has 1 unspecified atom stereocenters. The first-order valence-electron chi connectivity index (χ1n) is 7.71. The molecule has 1 aromatic rings. The summed E-state index contributed by atoms with van der Waals surface area (Å²) in [5.41, 5.74) is 0.583. The minimum atomic E-state index is -0.196. The van der Waals surface area contributed by atoms with E-state index in [9.17, 15) is 9.90 Å². The lowest BCUT2D eigenvalue weighted by Crippen LogP contribution is -2.38. The van der Waals surface area contributed by atoms with Crippen LogP contribution in [0.3, 0.4) is 0 Å². The number of amides is 1. The van der Waals surface area contributed by atoms with Crippen LogP contribution in [0.1, 0.15) is 50.4 Å². The first-order chi connectivity index (χ1) is 10.1. The van der Waals surface area contributed by atoms with E-state index < -0.39 is 0 Å². The van der Waals surface area contributed by atoms with Crippen LogP contribution in [0.5, 0.6) is 5.75 Å². The second-order valence-corrected chi connectivity index (χ2v) is 5.71. The number of benzene rings is 1. The molecule has 4 heteroatoms. The lowest BCUT2D eigenvalue weighted by atomic mass is 10.0. The molecule has 118 valence electrons. The molecule has 1 aromatic carbocycles. The highest BCUT2D eigenvalue weighted by molar-refractivity contribution is 5.94. The molecule has 2 N–H and O–H groups in total. The molecule has 0 aromatic heterocycles. The number of aliphatic hydroxyl groups is 1. The molecule has 1 amide bonds. The predicted octanol–water partition coefficient (Wildman–Crippen LogP) is 3.00. The Labute approximate surface area is 127 Å². The molecule has 0 aliphatic heterocycles. The van der Waals surface area contributed by atoms with E-state index in [0.29, 0.717) is 18.1 Å². The Kier molecular flexibility index (Phi) is 7.83. The molecule has 0 aliphatic rings. The van der Waals surface area contributed by atoms with Crippen molar-refractivity contribution in [2.45, 2.75) is 46.1 Å². The number of unbranched alkanes of at least 4 members (excludes halogenated alkanes) is 1. The fourth-order valence-corrected chi connectivity index (χ4v) is 2.05. The number of aliphatic hydroxyl groups excluding tert-OH is 1. The minimum Gasteiger partial charge on any atom is -0.494 e. The van der Waals surface area contributed by atoms with Crippen molar-refractivity contribution in [3.63, 3.8) is 0 Å². The van der Waals surface area contributed by atoms with E-state index in [1.165, 1.54) is 0 Å². The zero-order valence-electron chi connectivity index (χ0n) is 13.3. The van der Waals surface area contributed by atoms with Gasteiger partial charge in [-0.1, -0.05) is 27.2 Å². The SMILES string of the molecule is CCCCOc1ccc(C(=O)NC(CO)CC(C)C)cc1. The van der Waals surface area contributed by atoms with Gasteiger partial charge in [0, 0.05) is 5.56 Å². The normalized spacial score (nSPS) is 12.2. The van der Waals surface area contributed by atoms with E-state index in [1.807, 2.05) is 0 Å². The average Bonchev–Trinajstić information content (AvgIpc) is 2.47. The minimum absolute atomic E-state index is 0.0396. The second kappa shape index (κ2) is 9.40. The fraction of sp³-hybridized carbons (Fsp3) is 0.588. The summed E-state index contributed by atoms with van der Waals surface area (Å²) >= 11 is 0. The summed E-state index contributed by atoms with van der Waals surface area (Å²) in [5, 5.41) is 12.2. The maximum absolute atomic E-state index is 12.1. The Morgan fingerprint density at radius 2 is 1.95 bits per heavy atom. The quantitative estimate of drug-likeness (QED) is 0.688. The van der Waals surface area contributed by atoms with Gasteiger partial charge in [-0.25, -0.2) is 0 Å². The monoisotopic (exact) mass is 293 g/mol. The van der Waals surface area contributed by atoms with Gasteiger partial charge in [-0.3, -0.25) is 4.79 Å². The molecular weight excluding hydrogens is 266 g/mol. The smallest absolute Gasteiger partial charge is 0.251 e. The number of carbonyl (C=O) groups is 1. The van der Waals surface area contributed by atoms with E-state index in [4.69, 9.17) is 4.74 Å². The maximum atomic E-state index is 12.1. The van der Waals surface area contributed by atoms with Gasteiger partial charge in [0.05, 0.1) is 19.3 Å². The molecule has 1 rings (SSSR count). The van der Waals surface area contributed by atoms with Crippen molar-refractivity contribution >= 4 is 5.91 Å². The van der Waals surface area contributed by atoms with Gasteiger partial charge in [-0.2, -0.15) is 0 Å². The highest BCUT2D eigenvalue weighted by atomic mass is 16.5. The van der Waals surface area contributed by atoms with Crippen LogP contribution in [0, 0.1) is 5.92 Å². The van der Waals surface area contributed by atoms with Crippen LogP contribution in [0.2, 0.25) is 0 Å². The van der Waals surface area contributed by atoms with Crippen LogP contribution in [-0.2, 0) is 0 Å². The molecule has 0 spiro atoms. The number of ether oxygens (including phenoxy) is 1. The van der Waals surface area contributed by atoms with Gasteiger partial charge in [0.15, 0.2) is 0 Å². The van der Waals surface area contributed by atoms with Crippen LogP contribution in [0.25, 0.3) is 0 Å². The van der Waals surface area contributed by atoms with Crippen LogP contribution in [-0.4, -0.2) is 30.3 Å². The summed E-state index contributed by atoms with van der Waals surface area (Å²) in [6.45, 7) is 6.91. The van der Waals surface area contributed by atoms with E-state index in [2.05, 4.69) is 26.1 Å². The van der Waals surface area contributed by atoms with Gasteiger partial charge in [-0.15, -0.1) is 0 Å². The number of hydrogen-bond donors (Lipinski definition) is 2. The zero-order valence-corrected chi connectivity index (χ0v) is 13.3. The Hall–Kier alpha value is -1.55. The molecular formula is C17H27NO3. The fourth-order valence-electron chi connectivity index (χ4n) is 2.05. The molecule has 1 atom stereocenters. The van der Waals surface area contributed by atoms with Gasteiger partial charge in [0.1, 0.15) is 5.75 Å². The molecule has 0 bridgehead atoms. The van der Waals surface area contributed by atoms with Gasteiger partial charge >= 0.3 is 0 Å². The number of nitrogens with one attached hydrogen (secondary N) is 1. The first kappa shape index (κ1) is 17.5. The lowest BCUT2D eigenvalue weighted by molar-refractivity contribution is 0.0908. The standard InChI is InChI=1S/C17H27NO3/c1-4-5-10-21-16-8-6-14(7-9-16)17(20)18-15(12-19)11-13(2)3/h6-9,13,15,19H,4-5,10-12H2,1-3H3,(H,18,20). The summed E-state index contributed by atoms with van der Waals surface area (Å²) < 4.78 is 5.56. The van der Waals surface area contributed by atoms with E-state index >= 15 is 0 Å². The molecule has 21 heavy (non-hydrogen) atoms. The molecule has 0 saturated heterocycles. The Balaban J connectivity index is 2.53. The number of rotatable bonds is 9. The van der Waals surface area contributed by atoms with Crippen LogP contribution in [0.4, 0.5) is 0 Å².